The quantitative estimate of drug-likeness (QED) is 0.0676. The van der Waals surface area contributed by atoms with Crippen molar-refractivity contribution in [2.24, 2.45) is 9.98 Å². The third kappa shape index (κ3) is 30.0. The van der Waals surface area contributed by atoms with Crippen LogP contribution in [0.1, 0.15) is 69.0 Å². The molecule has 2 aliphatic heterocycles. The summed E-state index contributed by atoms with van der Waals surface area (Å²) >= 11 is 6.67. The lowest BCUT2D eigenvalue weighted by atomic mass is 10.1. The maximum atomic E-state index is 8.41. The van der Waals surface area contributed by atoms with Crippen molar-refractivity contribution >= 4 is 79.3 Å². The second kappa shape index (κ2) is 44.6. The van der Waals surface area contributed by atoms with Crippen LogP contribution >= 0.6 is 21.4 Å². The van der Waals surface area contributed by atoms with Crippen LogP contribution in [0.2, 0.25) is 0 Å². The molecule has 0 radical (unpaired) electrons. The number of fused-ring (bicyclic) bond motifs is 3. The van der Waals surface area contributed by atoms with Crippen LogP contribution < -0.4 is 4.98 Å². The molecule has 2 aliphatic rings. The highest BCUT2D eigenvalue weighted by Gasteiger charge is 2.03. The summed E-state index contributed by atoms with van der Waals surface area (Å²) in [5, 5.41) is 9.69. The van der Waals surface area contributed by atoms with Gasteiger partial charge in [-0.3, -0.25) is 15.0 Å². The minimum atomic E-state index is 0. The van der Waals surface area contributed by atoms with Crippen LogP contribution in [0.4, 0.5) is 22.7 Å². The van der Waals surface area contributed by atoms with Crippen LogP contribution in [-0.4, -0.2) is 43.5 Å². The fourth-order valence-corrected chi connectivity index (χ4v) is 6.94. The molecule has 5 N–H and O–H groups in total. The van der Waals surface area contributed by atoms with E-state index in [1.54, 1.807) is 37.4 Å². The van der Waals surface area contributed by atoms with Crippen molar-refractivity contribution in [3.8, 4) is 18.4 Å². The molecule has 11 aromatic rings. The average Bonchev–Trinajstić information content (AvgIpc) is 4.51. The van der Waals surface area contributed by atoms with Gasteiger partial charge in [0.2, 0.25) is 6.33 Å². The van der Waals surface area contributed by atoms with Crippen LogP contribution in [0.5, 0.6) is 0 Å². The molecule has 15 heteroatoms. The van der Waals surface area contributed by atoms with Crippen molar-refractivity contribution < 1.29 is 4.98 Å². The number of rotatable bonds is 0. The molecule has 0 fully saturated rings. The molecule has 0 saturated heterocycles. The lowest BCUT2D eigenvalue weighted by molar-refractivity contribution is -0.376. The van der Waals surface area contributed by atoms with Gasteiger partial charge in [0, 0.05) is 73.3 Å². The smallest absolute Gasteiger partial charge is 0.239 e. The van der Waals surface area contributed by atoms with E-state index >= 15 is 0 Å². The molecular formula is C70H76N12PS2+. The Morgan fingerprint density at radius 2 is 1.07 bits per heavy atom. The molecule has 0 saturated carbocycles. The topological polar surface area (TPSA) is 160 Å². The molecule has 85 heavy (non-hydrogen) atoms. The Morgan fingerprint density at radius 1 is 0.588 bits per heavy atom. The highest BCUT2D eigenvalue weighted by atomic mass is 32.4. The molecule has 0 spiro atoms. The maximum absolute atomic E-state index is 8.41. The number of nitriles is 1. The van der Waals surface area contributed by atoms with E-state index in [0.717, 1.165) is 80.5 Å². The first-order valence-corrected chi connectivity index (χ1v) is 27.8. The summed E-state index contributed by atoms with van der Waals surface area (Å²) in [6, 6.07) is 59.3. The van der Waals surface area contributed by atoms with E-state index in [0.29, 0.717) is 0 Å². The third-order valence-electron chi connectivity index (χ3n) is 11.4. The van der Waals surface area contributed by atoms with Crippen LogP contribution in [-0.2, 0) is 24.6 Å². The van der Waals surface area contributed by atoms with Crippen molar-refractivity contribution in [3.05, 3.63) is 304 Å². The first-order chi connectivity index (χ1) is 41.4. The Balaban J connectivity index is 0.000000476. The highest BCUT2D eigenvalue weighted by Crippen LogP contribution is 2.23. The zero-order chi connectivity index (χ0) is 62.3. The normalized spacial score (nSPS) is 9.58. The van der Waals surface area contributed by atoms with Crippen molar-refractivity contribution in [3.63, 3.8) is 0 Å². The lowest BCUT2D eigenvalue weighted by Gasteiger charge is -1.92. The molecule has 0 unspecified atom stereocenters. The number of aliphatic imine (C=N–C) groups is 2. The Bertz CT molecular complexity index is 3480. The highest BCUT2D eigenvalue weighted by molar-refractivity contribution is 7.88. The van der Waals surface area contributed by atoms with Crippen molar-refractivity contribution in [2.45, 2.75) is 68.7 Å². The number of hydrogen-bond acceptors (Lipinski definition) is 6. The first-order valence-electron chi connectivity index (χ1n) is 26.6. The number of nitrogens with one attached hydrogen (secondary N) is 5. The molecule has 12 nitrogen and oxygen atoms in total. The lowest BCUT2D eigenvalue weighted by Crippen LogP contribution is -1.88. The predicted octanol–water partition coefficient (Wildman–Crippen LogP) is 17.9. The number of para-hydroxylation sites is 5. The van der Waals surface area contributed by atoms with Gasteiger partial charge in [0.05, 0.1) is 49.9 Å². The molecule has 0 bridgehead atoms. The van der Waals surface area contributed by atoms with E-state index in [9.17, 15) is 0 Å². The number of imidazole rings is 3. The number of aryl methyl sites for hydroxylation is 7. The van der Waals surface area contributed by atoms with Gasteiger partial charge in [-0.05, 0) is 131 Å². The van der Waals surface area contributed by atoms with Gasteiger partial charge < -0.3 is 15.0 Å². The molecule has 13 rings (SSSR count). The molecule has 0 amide bonds. The van der Waals surface area contributed by atoms with E-state index in [1.807, 2.05) is 213 Å². The summed E-state index contributed by atoms with van der Waals surface area (Å²) in [4.78, 5) is 37.2. The van der Waals surface area contributed by atoms with Gasteiger partial charge in [0.1, 0.15) is 11.9 Å². The van der Waals surface area contributed by atoms with Gasteiger partial charge in [0.25, 0.3) is 0 Å². The van der Waals surface area contributed by atoms with Crippen LogP contribution in [0.25, 0.3) is 20.6 Å². The molecule has 0 aliphatic carbocycles. The molecular weight excluding hydrogens is 1100 g/mol. The second-order valence-corrected chi connectivity index (χ2v) is 17.8. The monoisotopic (exact) mass is 1180 g/mol. The van der Waals surface area contributed by atoms with Gasteiger partial charge >= 0.3 is 0 Å². The van der Waals surface area contributed by atoms with E-state index < -0.39 is 0 Å². The summed E-state index contributed by atoms with van der Waals surface area (Å²) in [6.07, 6.45) is 23.6. The van der Waals surface area contributed by atoms with Crippen molar-refractivity contribution in [1.82, 2.24) is 29.9 Å². The van der Waals surface area contributed by atoms with E-state index in [4.69, 9.17) is 26.0 Å². The zero-order valence-electron chi connectivity index (χ0n) is 49.4. The average molecular weight is 1180 g/mol. The zero-order valence-corrected chi connectivity index (χ0v) is 51.1. The number of aromatic nitrogens is 7. The van der Waals surface area contributed by atoms with Gasteiger partial charge in [-0.2, -0.15) is 18.7 Å². The van der Waals surface area contributed by atoms with Crippen LogP contribution in [0.3, 0.4) is 0 Å². The van der Waals surface area contributed by atoms with Gasteiger partial charge in [0.15, 0.2) is 11.4 Å². The fraction of sp³-hybridized carbons (Fsp3) is 0.143. The summed E-state index contributed by atoms with van der Waals surface area (Å²) in [5.41, 5.74) is 17.2. The number of benzene rings is 7. The predicted molar refractivity (Wildman–Crippen MR) is 366 cm³/mol. The molecule has 6 heterocycles. The Hall–Kier alpha value is -10.1. The maximum Gasteiger partial charge on any atom is 0.239 e. The Kier molecular flexibility index (Phi) is 37.3. The second-order valence-electron chi connectivity index (χ2n) is 17.8. The van der Waals surface area contributed by atoms with E-state index in [2.05, 4.69) is 130 Å². The number of hydrogen-bond donors (Lipinski definition) is 4. The van der Waals surface area contributed by atoms with Crippen LogP contribution in [0, 0.1) is 85.3 Å². The number of aromatic amines is 5. The van der Waals surface area contributed by atoms with Crippen molar-refractivity contribution in [2.75, 3.05) is 0 Å². The SMILES string of the molecule is C.C#Cc1ccccc1C.C1=Nc2ccccc2C1.C1=Nc2ccccc2C1.Cc1c[nH+]c[nH]1.Cc1cccc(C#N)c1.Cc1cnc[nH]1.Cc1cnc[nH]1.P=S.[2H]S.[C-]#[N+]c1ccccc1C.[C-]#[N+]c1ccccc1C.c1ccc2[nH]ccc2c1. The Morgan fingerprint density at radius 3 is 1.41 bits per heavy atom. The summed E-state index contributed by atoms with van der Waals surface area (Å²) in [6.45, 7) is 27.2. The van der Waals surface area contributed by atoms with Gasteiger partial charge in [-0.15, -0.1) is 6.42 Å². The fourth-order valence-electron chi connectivity index (χ4n) is 6.94. The van der Waals surface area contributed by atoms with E-state index in [1.165, 1.54) is 27.6 Å². The first kappa shape index (κ1) is 71.1. The molecule has 432 valence electrons. The summed E-state index contributed by atoms with van der Waals surface area (Å²) in [5.74, 6) is 2.60. The van der Waals surface area contributed by atoms with Gasteiger partial charge in [-0.25, -0.2) is 24.6 Å². The standard InChI is InChI=1S/C9H8.6C8H7N.3C4H6N2.CH4.HPS.H2S/c1-3-9-7-5-4-6-8(9)2;3*1-2-4-8-7(3-1)5-6-9-8;2*1-7-5-3-4-6-8(7)9-2;1-7-3-2-4-8(5-7)6-9;3*1-4-2-5-3-6-4;;1-2;/h1,4-7H,2H3;2*1-4,6H,5H2;1-6,9H;2*3-6H,1H3;2-5H,1H3;3*2-3H,1H3,(H,5,6);1H4;1H;1H2/p+1/i/hD. The number of nitrogens with zero attached hydrogens (tertiary/aromatic N) is 7. The number of H-pyrrole nitrogens is 5. The largest absolute Gasteiger partial charge is 0.361 e. The minimum absolute atomic E-state index is 0. The van der Waals surface area contributed by atoms with E-state index in [-0.39, 0.29) is 7.43 Å². The molecule has 4 aromatic heterocycles. The van der Waals surface area contributed by atoms with Crippen LogP contribution in [0.15, 0.2) is 230 Å². The van der Waals surface area contributed by atoms with Gasteiger partial charge in [-0.1, -0.05) is 159 Å². The van der Waals surface area contributed by atoms with Crippen molar-refractivity contribution in [1.29, 1.82) is 6.39 Å². The summed E-state index contributed by atoms with van der Waals surface area (Å²) < 4.78 is 5.44. The minimum Gasteiger partial charge on any atom is -0.361 e. The third-order valence-corrected chi connectivity index (χ3v) is 11.4. The molecule has 7 aromatic carbocycles. The molecule has 0 atom stereocenters. The number of terminal acetylenes is 1. The Labute approximate surface area is 518 Å². The summed E-state index contributed by atoms with van der Waals surface area (Å²) in [7, 11) is 2.56.